The lowest BCUT2D eigenvalue weighted by molar-refractivity contribution is -0.0329. The van der Waals surface area contributed by atoms with E-state index in [4.69, 9.17) is 4.74 Å². The van der Waals surface area contributed by atoms with Crippen LogP contribution in [-0.2, 0) is 6.54 Å². The van der Waals surface area contributed by atoms with Crippen molar-refractivity contribution in [2.24, 2.45) is 0 Å². The number of benzene rings is 1. The predicted molar refractivity (Wildman–Crippen MR) is 75.7 cm³/mol. The first kappa shape index (κ1) is 16.7. The smallest absolute Gasteiger partial charge is 0.441 e. The van der Waals surface area contributed by atoms with Crippen LogP contribution in [0.2, 0.25) is 0 Å². The van der Waals surface area contributed by atoms with Crippen molar-refractivity contribution >= 4 is 27.7 Å². The minimum absolute atomic E-state index is 0.0311. The fraction of sp³-hybridized carbons (Fsp3) is 0.500. The van der Waals surface area contributed by atoms with Crippen molar-refractivity contribution in [1.82, 2.24) is 5.32 Å². The monoisotopic (exact) mass is 357 g/mol. The number of nitrogens with one attached hydrogen (secondary N) is 1. The third kappa shape index (κ3) is 6.05. The molecule has 1 N–H and O–H groups in total. The van der Waals surface area contributed by atoms with Gasteiger partial charge in [0.2, 0.25) is 0 Å². The van der Waals surface area contributed by atoms with Crippen molar-refractivity contribution in [2.75, 3.05) is 19.4 Å². The predicted octanol–water partition coefficient (Wildman–Crippen LogP) is 4.11. The standard InChI is InChI=1S/C12H15BrF3NOS/c1-8-5-10(13)6-9(7-17-2)11(8)18-3-4-19-12(14,15)16/h5-6,17H,3-4,7H2,1-2H3. The number of thioether (sulfide) groups is 1. The normalized spacial score (nSPS) is 11.7. The van der Waals surface area contributed by atoms with E-state index in [9.17, 15) is 13.2 Å². The summed E-state index contributed by atoms with van der Waals surface area (Å²) in [4.78, 5) is 0. The number of aryl methyl sites for hydroxylation is 1. The van der Waals surface area contributed by atoms with E-state index < -0.39 is 5.51 Å². The minimum Gasteiger partial charge on any atom is -0.492 e. The molecule has 0 heterocycles. The summed E-state index contributed by atoms with van der Waals surface area (Å²) >= 11 is 3.32. The second-order valence-electron chi connectivity index (χ2n) is 3.88. The van der Waals surface area contributed by atoms with Gasteiger partial charge in [-0.25, -0.2) is 0 Å². The molecule has 0 radical (unpaired) electrons. The molecule has 19 heavy (non-hydrogen) atoms. The van der Waals surface area contributed by atoms with Crippen LogP contribution in [0.4, 0.5) is 13.2 Å². The molecule has 1 aromatic rings. The van der Waals surface area contributed by atoms with E-state index in [-0.39, 0.29) is 24.1 Å². The largest absolute Gasteiger partial charge is 0.492 e. The number of rotatable bonds is 6. The summed E-state index contributed by atoms with van der Waals surface area (Å²) in [6.45, 7) is 2.50. The van der Waals surface area contributed by atoms with Gasteiger partial charge in [-0.1, -0.05) is 15.9 Å². The maximum Gasteiger partial charge on any atom is 0.441 e. The molecule has 0 saturated carbocycles. The number of alkyl halides is 3. The van der Waals surface area contributed by atoms with Crippen LogP contribution in [0.15, 0.2) is 16.6 Å². The Labute approximate surface area is 123 Å². The number of halogens is 4. The maximum absolute atomic E-state index is 12.0. The molecule has 0 aliphatic rings. The Morgan fingerprint density at radius 1 is 1.37 bits per heavy atom. The summed E-state index contributed by atoms with van der Waals surface area (Å²) in [7, 11) is 1.81. The number of ether oxygens (including phenoxy) is 1. The highest BCUT2D eigenvalue weighted by molar-refractivity contribution is 9.10. The maximum atomic E-state index is 12.0. The van der Waals surface area contributed by atoms with E-state index in [0.717, 1.165) is 15.6 Å². The molecule has 0 atom stereocenters. The van der Waals surface area contributed by atoms with E-state index in [0.29, 0.717) is 12.3 Å². The highest BCUT2D eigenvalue weighted by atomic mass is 79.9. The molecule has 1 rings (SSSR count). The van der Waals surface area contributed by atoms with Crippen LogP contribution in [0, 0.1) is 6.92 Å². The van der Waals surface area contributed by atoms with Crippen LogP contribution in [0.5, 0.6) is 5.75 Å². The molecule has 108 valence electrons. The van der Waals surface area contributed by atoms with E-state index in [2.05, 4.69) is 21.2 Å². The van der Waals surface area contributed by atoms with Crippen molar-refractivity contribution in [3.05, 3.63) is 27.7 Å². The Hall–Kier alpha value is -0.400. The van der Waals surface area contributed by atoms with Gasteiger partial charge < -0.3 is 10.1 Å². The van der Waals surface area contributed by atoms with Gasteiger partial charge in [-0.15, -0.1) is 0 Å². The highest BCUT2D eigenvalue weighted by Gasteiger charge is 2.27. The van der Waals surface area contributed by atoms with Crippen molar-refractivity contribution in [2.45, 2.75) is 19.0 Å². The molecule has 0 saturated heterocycles. The van der Waals surface area contributed by atoms with Crippen LogP contribution >= 0.6 is 27.7 Å². The van der Waals surface area contributed by atoms with Gasteiger partial charge in [-0.3, -0.25) is 0 Å². The molecule has 0 aromatic heterocycles. The van der Waals surface area contributed by atoms with Gasteiger partial charge in [0.1, 0.15) is 5.75 Å². The van der Waals surface area contributed by atoms with Gasteiger partial charge >= 0.3 is 5.51 Å². The van der Waals surface area contributed by atoms with Crippen molar-refractivity contribution in [1.29, 1.82) is 0 Å². The van der Waals surface area contributed by atoms with E-state index in [1.54, 1.807) is 7.05 Å². The van der Waals surface area contributed by atoms with Crippen LogP contribution in [0.3, 0.4) is 0 Å². The van der Waals surface area contributed by atoms with Gasteiger partial charge in [0.25, 0.3) is 0 Å². The highest BCUT2D eigenvalue weighted by Crippen LogP contribution is 2.31. The Balaban J connectivity index is 2.66. The lowest BCUT2D eigenvalue weighted by Crippen LogP contribution is -2.11. The topological polar surface area (TPSA) is 21.3 Å². The van der Waals surface area contributed by atoms with Crippen LogP contribution < -0.4 is 10.1 Å². The summed E-state index contributed by atoms with van der Waals surface area (Å²) in [6.07, 6.45) is 0. The first-order valence-electron chi connectivity index (χ1n) is 5.60. The van der Waals surface area contributed by atoms with Gasteiger partial charge in [0.05, 0.1) is 6.61 Å². The van der Waals surface area contributed by atoms with Crippen LogP contribution in [0.1, 0.15) is 11.1 Å². The summed E-state index contributed by atoms with van der Waals surface area (Å²) < 4.78 is 42.4. The van der Waals surface area contributed by atoms with Gasteiger partial charge in [-0.05, 0) is 43.4 Å². The van der Waals surface area contributed by atoms with Crippen molar-refractivity contribution < 1.29 is 17.9 Å². The van der Waals surface area contributed by atoms with Crippen LogP contribution in [0.25, 0.3) is 0 Å². The van der Waals surface area contributed by atoms with E-state index >= 15 is 0 Å². The average molecular weight is 358 g/mol. The Morgan fingerprint density at radius 2 is 2.05 bits per heavy atom. The fourth-order valence-corrected chi connectivity index (χ4v) is 2.65. The molecule has 0 aliphatic carbocycles. The lowest BCUT2D eigenvalue weighted by atomic mass is 10.1. The molecule has 0 amide bonds. The summed E-state index contributed by atoms with van der Waals surface area (Å²) in [5.41, 5.74) is -2.38. The molecule has 2 nitrogen and oxygen atoms in total. The summed E-state index contributed by atoms with van der Waals surface area (Å²) in [6, 6.07) is 3.78. The SMILES string of the molecule is CNCc1cc(Br)cc(C)c1OCCSC(F)(F)F. The minimum atomic E-state index is -4.20. The molecule has 0 aliphatic heterocycles. The quantitative estimate of drug-likeness (QED) is 0.774. The molecule has 0 bridgehead atoms. The average Bonchev–Trinajstić information content (AvgIpc) is 2.25. The summed E-state index contributed by atoms with van der Waals surface area (Å²) in [5, 5.41) is 3.01. The molecular weight excluding hydrogens is 343 g/mol. The molecule has 0 fully saturated rings. The Morgan fingerprint density at radius 3 is 2.63 bits per heavy atom. The van der Waals surface area contributed by atoms with Gasteiger partial charge in [-0.2, -0.15) is 13.2 Å². The Kier molecular flexibility index (Phi) is 6.49. The zero-order valence-electron chi connectivity index (χ0n) is 10.6. The summed E-state index contributed by atoms with van der Waals surface area (Å²) in [5.74, 6) is 0.540. The molecule has 0 unspecified atom stereocenters. The second-order valence-corrected chi connectivity index (χ2v) is 5.96. The number of hydrogen-bond acceptors (Lipinski definition) is 3. The third-order valence-electron chi connectivity index (χ3n) is 2.28. The van der Waals surface area contributed by atoms with Crippen molar-refractivity contribution in [3.63, 3.8) is 0 Å². The first-order valence-corrected chi connectivity index (χ1v) is 7.38. The fourth-order valence-electron chi connectivity index (χ4n) is 1.63. The molecule has 1 aromatic carbocycles. The van der Waals surface area contributed by atoms with Gasteiger partial charge in [0, 0.05) is 22.3 Å². The second kappa shape index (κ2) is 7.40. The molecule has 0 spiro atoms. The zero-order chi connectivity index (χ0) is 14.5. The van der Waals surface area contributed by atoms with Crippen LogP contribution in [-0.4, -0.2) is 24.9 Å². The van der Waals surface area contributed by atoms with E-state index in [1.165, 1.54) is 0 Å². The first-order chi connectivity index (χ1) is 8.83. The zero-order valence-corrected chi connectivity index (χ0v) is 13.0. The molecular formula is C12H15BrF3NOS. The lowest BCUT2D eigenvalue weighted by Gasteiger charge is -2.15. The van der Waals surface area contributed by atoms with E-state index in [1.807, 2.05) is 19.1 Å². The van der Waals surface area contributed by atoms with Gasteiger partial charge in [0.15, 0.2) is 0 Å². The third-order valence-corrected chi connectivity index (χ3v) is 3.43. The number of hydrogen-bond donors (Lipinski definition) is 1. The van der Waals surface area contributed by atoms with Crippen molar-refractivity contribution in [3.8, 4) is 5.75 Å². The molecule has 7 heteroatoms. The Bertz CT molecular complexity index is 426.